The maximum absolute atomic E-state index is 11.4. The average molecular weight is 378 g/mol. The number of hydrogen-bond acceptors (Lipinski definition) is 5. The van der Waals surface area contributed by atoms with Crippen molar-refractivity contribution < 1.29 is 14.6 Å². The summed E-state index contributed by atoms with van der Waals surface area (Å²) in [6.45, 7) is 1.94. The average Bonchev–Trinajstić information content (AvgIpc) is 2.67. The number of nitrogens with zero attached hydrogens (tertiary/aromatic N) is 2. The Hall–Kier alpha value is -1.63. The molecule has 27 heavy (non-hydrogen) atoms. The van der Waals surface area contributed by atoms with E-state index in [0.29, 0.717) is 25.7 Å². The monoisotopic (exact) mass is 377 g/mol. The van der Waals surface area contributed by atoms with E-state index >= 15 is 0 Å². The first-order valence-electron chi connectivity index (χ1n) is 9.97. The predicted molar refractivity (Wildman–Crippen MR) is 108 cm³/mol. The number of amides is 1. The lowest BCUT2D eigenvalue weighted by molar-refractivity contribution is -0.121. The molecule has 1 atom stereocenters. The zero-order valence-corrected chi connectivity index (χ0v) is 17.0. The van der Waals surface area contributed by atoms with Crippen LogP contribution in [-0.2, 0) is 11.3 Å². The number of ether oxygens (including phenoxy) is 1. The number of carbonyl (C=O) groups excluding carboxylic acids is 1. The van der Waals surface area contributed by atoms with Crippen LogP contribution in [0.5, 0.6) is 5.75 Å². The fourth-order valence-corrected chi connectivity index (χ4v) is 3.67. The number of benzene rings is 1. The first kappa shape index (κ1) is 21.7. The van der Waals surface area contributed by atoms with E-state index in [-0.39, 0.29) is 12.5 Å². The Morgan fingerprint density at radius 3 is 2.74 bits per heavy atom. The largest absolute Gasteiger partial charge is 0.491 e. The van der Waals surface area contributed by atoms with Crippen LogP contribution >= 0.6 is 0 Å². The van der Waals surface area contributed by atoms with Gasteiger partial charge in [0.1, 0.15) is 18.5 Å². The second-order valence-electron chi connectivity index (χ2n) is 7.69. The summed E-state index contributed by atoms with van der Waals surface area (Å²) < 4.78 is 5.81. The molecule has 2 N–H and O–H groups in total. The minimum Gasteiger partial charge on any atom is -0.491 e. The fourth-order valence-electron chi connectivity index (χ4n) is 3.67. The van der Waals surface area contributed by atoms with Crippen molar-refractivity contribution in [3.05, 3.63) is 29.8 Å². The van der Waals surface area contributed by atoms with Gasteiger partial charge in [-0.3, -0.25) is 9.69 Å². The number of aliphatic hydroxyl groups excluding tert-OH is 1. The molecule has 6 heteroatoms. The van der Waals surface area contributed by atoms with Crippen molar-refractivity contribution >= 4 is 5.91 Å². The highest BCUT2D eigenvalue weighted by atomic mass is 16.5. The third kappa shape index (κ3) is 7.87. The summed E-state index contributed by atoms with van der Waals surface area (Å²) in [7, 11) is 5.65. The van der Waals surface area contributed by atoms with Crippen LogP contribution in [0.1, 0.15) is 37.7 Å². The van der Waals surface area contributed by atoms with Crippen molar-refractivity contribution in [2.24, 2.45) is 0 Å². The van der Waals surface area contributed by atoms with E-state index in [9.17, 15) is 9.90 Å². The van der Waals surface area contributed by atoms with Gasteiger partial charge in [0, 0.05) is 26.2 Å². The van der Waals surface area contributed by atoms with E-state index in [1.807, 2.05) is 36.2 Å². The van der Waals surface area contributed by atoms with E-state index in [0.717, 1.165) is 11.3 Å². The van der Waals surface area contributed by atoms with Gasteiger partial charge >= 0.3 is 0 Å². The number of rotatable bonds is 10. The van der Waals surface area contributed by atoms with E-state index in [2.05, 4.69) is 17.3 Å². The summed E-state index contributed by atoms with van der Waals surface area (Å²) in [5.41, 5.74) is 1.08. The van der Waals surface area contributed by atoms with Gasteiger partial charge in [-0.05, 0) is 44.6 Å². The molecule has 1 unspecified atom stereocenters. The van der Waals surface area contributed by atoms with Crippen LogP contribution in [0.15, 0.2) is 24.3 Å². The quantitative estimate of drug-likeness (QED) is 0.652. The molecule has 0 bridgehead atoms. The van der Waals surface area contributed by atoms with Crippen LogP contribution in [0.2, 0.25) is 0 Å². The molecule has 0 heterocycles. The van der Waals surface area contributed by atoms with Gasteiger partial charge in [0.15, 0.2) is 0 Å². The highest BCUT2D eigenvalue weighted by molar-refractivity contribution is 5.77. The minimum absolute atomic E-state index is 0.00453. The molecule has 1 amide bonds. The highest BCUT2D eigenvalue weighted by Gasteiger charge is 2.20. The molecule has 1 aromatic rings. The molecule has 1 fully saturated rings. The number of aliphatic hydroxyl groups is 1. The van der Waals surface area contributed by atoms with Gasteiger partial charge in [0.25, 0.3) is 0 Å². The first-order valence-corrected chi connectivity index (χ1v) is 9.97. The molecular weight excluding hydrogens is 342 g/mol. The Bertz CT molecular complexity index is 576. The summed E-state index contributed by atoms with van der Waals surface area (Å²) in [6, 6.07) is 8.42. The molecule has 6 nitrogen and oxygen atoms in total. The Morgan fingerprint density at radius 1 is 1.30 bits per heavy atom. The van der Waals surface area contributed by atoms with Crippen molar-refractivity contribution in [1.82, 2.24) is 15.1 Å². The molecule has 152 valence electrons. The molecule has 0 aromatic heterocycles. The van der Waals surface area contributed by atoms with Crippen LogP contribution in [0.3, 0.4) is 0 Å². The Balaban J connectivity index is 1.77. The van der Waals surface area contributed by atoms with Crippen molar-refractivity contribution in [2.75, 3.05) is 40.8 Å². The lowest BCUT2D eigenvalue weighted by atomic mass is 9.94. The van der Waals surface area contributed by atoms with Gasteiger partial charge in [-0.15, -0.1) is 0 Å². The topological polar surface area (TPSA) is 65.0 Å². The maximum Gasteiger partial charge on any atom is 0.233 e. The summed E-state index contributed by atoms with van der Waals surface area (Å²) in [5.74, 6) is 0.746. The predicted octanol–water partition coefficient (Wildman–Crippen LogP) is 1.87. The van der Waals surface area contributed by atoms with Gasteiger partial charge in [-0.25, -0.2) is 0 Å². The van der Waals surface area contributed by atoms with Crippen molar-refractivity contribution in [1.29, 1.82) is 0 Å². The summed E-state index contributed by atoms with van der Waals surface area (Å²) >= 11 is 0. The van der Waals surface area contributed by atoms with Crippen LogP contribution in [0.4, 0.5) is 0 Å². The lowest BCUT2D eigenvalue weighted by Gasteiger charge is -2.32. The Kier molecular flexibility index (Phi) is 9.04. The van der Waals surface area contributed by atoms with Gasteiger partial charge in [-0.2, -0.15) is 0 Å². The normalized spacial score (nSPS) is 16.5. The molecule has 0 saturated heterocycles. The molecule has 0 spiro atoms. The number of hydrogen-bond donors (Lipinski definition) is 2. The van der Waals surface area contributed by atoms with Crippen LogP contribution < -0.4 is 10.1 Å². The maximum atomic E-state index is 11.4. The van der Waals surface area contributed by atoms with E-state index < -0.39 is 6.10 Å². The number of carbonyl (C=O) groups is 1. The van der Waals surface area contributed by atoms with E-state index in [4.69, 9.17) is 4.74 Å². The molecule has 0 aliphatic heterocycles. The second kappa shape index (κ2) is 11.3. The molecular formula is C21H35N3O3. The lowest BCUT2D eigenvalue weighted by Crippen LogP contribution is -2.40. The third-order valence-corrected chi connectivity index (χ3v) is 5.18. The fraction of sp³-hybridized carbons (Fsp3) is 0.667. The minimum atomic E-state index is -0.503. The molecule has 2 rings (SSSR count). The van der Waals surface area contributed by atoms with Gasteiger partial charge in [-0.1, -0.05) is 31.4 Å². The summed E-state index contributed by atoms with van der Waals surface area (Å²) in [6.07, 6.45) is 5.89. The SMILES string of the molecule is CNC(=O)CN(C)Cc1cccc(OCC(O)CN(C)C2CCCCC2)c1. The standard InChI is InChI=1S/C21H35N3O3/c1-22-21(26)15-23(2)13-17-8-7-11-20(12-17)27-16-19(25)14-24(3)18-9-5-4-6-10-18/h7-8,11-12,18-19,25H,4-6,9-10,13-16H2,1-3H3,(H,22,26). The molecule has 1 saturated carbocycles. The Morgan fingerprint density at radius 2 is 2.04 bits per heavy atom. The molecule has 1 aliphatic rings. The first-order chi connectivity index (χ1) is 13.0. The van der Waals surface area contributed by atoms with Gasteiger partial charge in [0.05, 0.1) is 6.54 Å². The Labute approximate surface area is 163 Å². The van der Waals surface area contributed by atoms with E-state index in [1.165, 1.54) is 32.1 Å². The van der Waals surface area contributed by atoms with Crippen LogP contribution in [0, 0.1) is 0 Å². The van der Waals surface area contributed by atoms with Crippen molar-refractivity contribution in [3.8, 4) is 5.75 Å². The number of likely N-dealkylation sites (N-methyl/N-ethyl adjacent to an activating group) is 3. The zero-order valence-electron chi connectivity index (χ0n) is 17.0. The van der Waals surface area contributed by atoms with Crippen molar-refractivity contribution in [3.63, 3.8) is 0 Å². The zero-order chi connectivity index (χ0) is 19.6. The summed E-state index contributed by atoms with van der Waals surface area (Å²) in [5, 5.41) is 13.0. The van der Waals surface area contributed by atoms with Crippen molar-refractivity contribution in [2.45, 2.75) is 50.8 Å². The van der Waals surface area contributed by atoms with E-state index in [1.54, 1.807) is 7.05 Å². The molecule has 1 aromatic carbocycles. The van der Waals surface area contributed by atoms with Gasteiger partial charge < -0.3 is 20.1 Å². The smallest absolute Gasteiger partial charge is 0.233 e. The highest BCUT2D eigenvalue weighted by Crippen LogP contribution is 2.22. The molecule has 0 radical (unpaired) electrons. The van der Waals surface area contributed by atoms with Crippen LogP contribution in [-0.4, -0.2) is 73.8 Å². The molecule has 1 aliphatic carbocycles. The van der Waals surface area contributed by atoms with Gasteiger partial charge in [0.2, 0.25) is 5.91 Å². The summed E-state index contributed by atoms with van der Waals surface area (Å²) in [4.78, 5) is 15.7. The second-order valence-corrected chi connectivity index (χ2v) is 7.69. The number of nitrogens with one attached hydrogen (secondary N) is 1. The third-order valence-electron chi connectivity index (χ3n) is 5.18. The van der Waals surface area contributed by atoms with Crippen LogP contribution in [0.25, 0.3) is 0 Å².